The van der Waals surface area contributed by atoms with Crippen molar-refractivity contribution in [3.63, 3.8) is 0 Å². The molecule has 0 radical (unpaired) electrons. The number of nitrogens with one attached hydrogen (secondary N) is 2. The van der Waals surface area contributed by atoms with E-state index in [1.54, 1.807) is 4.68 Å². The van der Waals surface area contributed by atoms with Gasteiger partial charge in [0.15, 0.2) is 0 Å². The molecule has 0 atom stereocenters. The van der Waals surface area contributed by atoms with Crippen LogP contribution in [0.5, 0.6) is 0 Å². The van der Waals surface area contributed by atoms with E-state index >= 15 is 0 Å². The van der Waals surface area contributed by atoms with Crippen molar-refractivity contribution in [3.8, 4) is 5.69 Å². The van der Waals surface area contributed by atoms with E-state index < -0.39 is 5.97 Å². The van der Waals surface area contributed by atoms with E-state index in [1.807, 2.05) is 43.5 Å². The van der Waals surface area contributed by atoms with Gasteiger partial charge in [-0.15, -0.1) is 0 Å². The maximum atomic E-state index is 12.3. The number of aromatic nitrogens is 2. The molecule has 0 bridgehead atoms. The smallest absolute Gasteiger partial charge is 0.319 e. The monoisotopic (exact) mass is 342 g/mol. The molecule has 1 aliphatic rings. The Morgan fingerprint density at radius 2 is 1.88 bits per heavy atom. The van der Waals surface area contributed by atoms with Crippen LogP contribution in [0.25, 0.3) is 5.69 Å². The Balaban J connectivity index is 1.61. The molecule has 0 unspecified atom stereocenters. The second-order valence-electron chi connectivity index (χ2n) is 6.40. The summed E-state index contributed by atoms with van der Waals surface area (Å²) in [6.07, 6.45) is 4.42. The summed E-state index contributed by atoms with van der Waals surface area (Å²) < 4.78 is 1.73. The summed E-state index contributed by atoms with van der Waals surface area (Å²) in [4.78, 5) is 23.3. The molecule has 7 nitrogen and oxygen atoms in total. The lowest BCUT2D eigenvalue weighted by atomic mass is 9.86. The van der Waals surface area contributed by atoms with Gasteiger partial charge < -0.3 is 15.7 Å². The van der Waals surface area contributed by atoms with Crippen molar-refractivity contribution < 1.29 is 14.7 Å². The number of carbonyl (C=O) groups is 2. The van der Waals surface area contributed by atoms with Crippen LogP contribution in [-0.4, -0.2) is 32.9 Å². The molecule has 132 valence electrons. The molecular weight excluding hydrogens is 320 g/mol. The van der Waals surface area contributed by atoms with Gasteiger partial charge in [0.1, 0.15) is 0 Å². The molecule has 1 aromatic carbocycles. The number of urea groups is 1. The molecule has 3 N–H and O–H groups in total. The summed E-state index contributed by atoms with van der Waals surface area (Å²) in [5, 5.41) is 19.2. The zero-order chi connectivity index (χ0) is 17.8. The third-order valence-electron chi connectivity index (χ3n) is 4.53. The Labute approximate surface area is 146 Å². The Bertz CT molecular complexity index is 763. The molecular formula is C18H22N4O3. The van der Waals surface area contributed by atoms with E-state index in [0.29, 0.717) is 31.4 Å². The fourth-order valence-electron chi connectivity index (χ4n) is 3.16. The number of carbonyl (C=O) groups excluding carboxylic acids is 1. The number of aliphatic carboxylic acids is 1. The predicted molar refractivity (Wildman–Crippen MR) is 93.8 cm³/mol. The molecule has 7 heteroatoms. The summed E-state index contributed by atoms with van der Waals surface area (Å²) in [5.41, 5.74) is 2.36. The van der Waals surface area contributed by atoms with Crippen LogP contribution in [0, 0.1) is 12.8 Å². The van der Waals surface area contributed by atoms with Gasteiger partial charge in [0, 0.05) is 12.2 Å². The first kappa shape index (κ1) is 17.0. The normalized spacial score (nSPS) is 20.0. The molecule has 0 saturated heterocycles. The van der Waals surface area contributed by atoms with Crippen molar-refractivity contribution in [1.29, 1.82) is 0 Å². The number of para-hydroxylation sites is 2. The lowest BCUT2D eigenvalue weighted by Gasteiger charge is -2.27. The number of anilines is 1. The van der Waals surface area contributed by atoms with Crippen molar-refractivity contribution in [2.75, 3.05) is 5.32 Å². The van der Waals surface area contributed by atoms with Crippen LogP contribution < -0.4 is 10.6 Å². The number of hydrogen-bond donors (Lipinski definition) is 3. The first-order valence-electron chi connectivity index (χ1n) is 8.45. The van der Waals surface area contributed by atoms with Gasteiger partial charge in [-0.2, -0.15) is 5.10 Å². The first-order chi connectivity index (χ1) is 12.0. The van der Waals surface area contributed by atoms with Gasteiger partial charge in [0.25, 0.3) is 0 Å². The van der Waals surface area contributed by atoms with Gasteiger partial charge in [-0.1, -0.05) is 12.1 Å². The molecule has 2 amide bonds. The Kier molecular flexibility index (Phi) is 5.02. The van der Waals surface area contributed by atoms with Gasteiger partial charge in [0.05, 0.1) is 23.0 Å². The number of carboxylic acids is 1. The van der Waals surface area contributed by atoms with Crippen molar-refractivity contribution in [2.24, 2.45) is 5.92 Å². The Morgan fingerprint density at radius 3 is 2.52 bits per heavy atom. The molecule has 25 heavy (non-hydrogen) atoms. The number of nitrogens with zero attached hydrogens (tertiary/aromatic N) is 2. The van der Waals surface area contributed by atoms with Crippen LogP contribution in [0.3, 0.4) is 0 Å². The maximum absolute atomic E-state index is 12.3. The second-order valence-corrected chi connectivity index (χ2v) is 6.40. The molecule has 2 aromatic rings. The third-order valence-corrected chi connectivity index (χ3v) is 4.53. The van der Waals surface area contributed by atoms with Crippen LogP contribution in [0.1, 0.15) is 31.4 Å². The van der Waals surface area contributed by atoms with Crippen molar-refractivity contribution >= 4 is 17.7 Å². The third kappa shape index (κ3) is 4.17. The average molecular weight is 342 g/mol. The fraction of sp³-hybridized carbons (Fsp3) is 0.389. The number of carboxylic acid groups (broad SMARTS) is 1. The highest BCUT2D eigenvalue weighted by molar-refractivity contribution is 5.91. The molecule has 3 rings (SSSR count). The van der Waals surface area contributed by atoms with Crippen LogP contribution in [0.4, 0.5) is 10.5 Å². The number of amides is 2. The minimum atomic E-state index is -0.744. The minimum absolute atomic E-state index is 0.00899. The second kappa shape index (κ2) is 7.38. The molecule has 1 aromatic heterocycles. The van der Waals surface area contributed by atoms with Crippen molar-refractivity contribution in [2.45, 2.75) is 38.6 Å². The molecule has 1 saturated carbocycles. The van der Waals surface area contributed by atoms with Gasteiger partial charge in [-0.25, -0.2) is 9.48 Å². The number of benzene rings is 1. The highest BCUT2D eigenvalue weighted by Crippen LogP contribution is 2.25. The van der Waals surface area contributed by atoms with Gasteiger partial charge in [0.2, 0.25) is 0 Å². The summed E-state index contributed by atoms with van der Waals surface area (Å²) in [6.45, 7) is 1.91. The van der Waals surface area contributed by atoms with Crippen LogP contribution in [0.15, 0.2) is 36.5 Å². The highest BCUT2D eigenvalue weighted by atomic mass is 16.4. The van der Waals surface area contributed by atoms with E-state index in [-0.39, 0.29) is 18.0 Å². The van der Waals surface area contributed by atoms with E-state index in [9.17, 15) is 9.59 Å². The zero-order valence-corrected chi connectivity index (χ0v) is 14.1. The molecule has 0 aliphatic heterocycles. The summed E-state index contributed by atoms with van der Waals surface area (Å²) >= 11 is 0. The van der Waals surface area contributed by atoms with E-state index in [0.717, 1.165) is 11.4 Å². The van der Waals surface area contributed by atoms with Crippen LogP contribution in [-0.2, 0) is 4.79 Å². The average Bonchev–Trinajstić information content (AvgIpc) is 3.02. The molecule has 1 fully saturated rings. The molecule has 1 heterocycles. The Hall–Kier alpha value is -2.83. The van der Waals surface area contributed by atoms with Gasteiger partial charge >= 0.3 is 12.0 Å². The van der Waals surface area contributed by atoms with E-state index in [1.165, 1.54) is 0 Å². The summed E-state index contributed by atoms with van der Waals surface area (Å²) in [7, 11) is 0. The summed E-state index contributed by atoms with van der Waals surface area (Å²) in [5.74, 6) is -1.03. The number of rotatable bonds is 4. The lowest BCUT2D eigenvalue weighted by Crippen LogP contribution is -2.41. The standard InChI is InChI=1S/C18H22N4O3/c1-12-10-11-22(21-12)16-5-3-2-4-15(16)20-18(25)19-14-8-6-13(7-9-14)17(23)24/h2-5,10-11,13-14H,6-9H2,1H3,(H,23,24)(H2,19,20,25). The first-order valence-corrected chi connectivity index (χ1v) is 8.45. The van der Waals surface area contributed by atoms with Crippen LogP contribution >= 0.6 is 0 Å². The van der Waals surface area contributed by atoms with Crippen LogP contribution in [0.2, 0.25) is 0 Å². The summed E-state index contributed by atoms with van der Waals surface area (Å²) in [6, 6.07) is 9.09. The topological polar surface area (TPSA) is 96.2 Å². The predicted octanol–water partition coefficient (Wildman–Crippen LogP) is 2.95. The van der Waals surface area contributed by atoms with Crippen molar-refractivity contribution in [3.05, 3.63) is 42.2 Å². The minimum Gasteiger partial charge on any atom is -0.481 e. The fourth-order valence-corrected chi connectivity index (χ4v) is 3.16. The maximum Gasteiger partial charge on any atom is 0.319 e. The SMILES string of the molecule is Cc1ccn(-c2ccccc2NC(=O)NC2CCC(C(=O)O)CC2)n1. The molecule has 1 aliphatic carbocycles. The Morgan fingerprint density at radius 1 is 1.16 bits per heavy atom. The molecule has 0 spiro atoms. The van der Waals surface area contributed by atoms with Gasteiger partial charge in [-0.3, -0.25) is 4.79 Å². The number of hydrogen-bond acceptors (Lipinski definition) is 3. The number of aryl methyl sites for hydroxylation is 1. The van der Waals surface area contributed by atoms with E-state index in [2.05, 4.69) is 15.7 Å². The van der Waals surface area contributed by atoms with Crippen molar-refractivity contribution in [1.82, 2.24) is 15.1 Å². The van der Waals surface area contributed by atoms with E-state index in [4.69, 9.17) is 5.11 Å². The van der Waals surface area contributed by atoms with Gasteiger partial charge in [-0.05, 0) is 50.8 Å². The lowest BCUT2D eigenvalue weighted by molar-refractivity contribution is -0.142. The zero-order valence-electron chi connectivity index (χ0n) is 14.1. The quantitative estimate of drug-likeness (QED) is 0.796. The largest absolute Gasteiger partial charge is 0.481 e. The highest BCUT2D eigenvalue weighted by Gasteiger charge is 2.26.